The average molecular weight is 693 g/mol. The quantitative estimate of drug-likeness (QED) is 0.253. The van der Waals surface area contributed by atoms with Crippen LogP contribution in [0.3, 0.4) is 0 Å². The van der Waals surface area contributed by atoms with Crippen LogP contribution in [0, 0.1) is 13.8 Å². The van der Waals surface area contributed by atoms with Crippen molar-refractivity contribution in [3.63, 3.8) is 0 Å². The van der Waals surface area contributed by atoms with E-state index in [0.29, 0.717) is 29.1 Å². The molecule has 3 aromatic heterocycles. The summed E-state index contributed by atoms with van der Waals surface area (Å²) in [5, 5.41) is 5.29. The highest BCUT2D eigenvalue weighted by Crippen LogP contribution is 2.34. The van der Waals surface area contributed by atoms with Crippen LogP contribution in [0.1, 0.15) is 41.5 Å². The highest BCUT2D eigenvalue weighted by molar-refractivity contribution is 7.88. The molecule has 0 saturated carbocycles. The monoisotopic (exact) mass is 692 g/mol. The van der Waals surface area contributed by atoms with Crippen molar-refractivity contribution in [1.82, 2.24) is 28.6 Å². The highest BCUT2D eigenvalue weighted by atomic mass is 32.2. The largest absolute Gasteiger partial charge is 0.393 e. The number of nitrogen functional groups attached to an aromatic ring is 1. The average Bonchev–Trinajstić information content (AvgIpc) is 3.54. The fourth-order valence-electron chi connectivity index (χ4n) is 6.98. The topological polar surface area (TPSA) is 113 Å². The summed E-state index contributed by atoms with van der Waals surface area (Å²) < 4.78 is 66.8. The third-order valence-electron chi connectivity index (χ3n) is 9.64. The van der Waals surface area contributed by atoms with Crippen LogP contribution >= 0.6 is 11.3 Å². The fourth-order valence-corrected chi connectivity index (χ4v) is 8.87. The van der Waals surface area contributed by atoms with Crippen molar-refractivity contribution in [1.29, 1.82) is 0 Å². The maximum atomic E-state index is 13.0. The first-order valence-electron chi connectivity index (χ1n) is 16.0. The number of nitrogens with one attached hydrogen (secondary N) is 1. The number of likely N-dealkylation sites (tertiary alicyclic amines) is 1. The Morgan fingerprint density at radius 3 is 2.40 bits per heavy atom. The Morgan fingerprint density at radius 2 is 1.74 bits per heavy atom. The Kier molecular flexibility index (Phi) is 9.48. The summed E-state index contributed by atoms with van der Waals surface area (Å²) in [4.78, 5) is 14.0. The van der Waals surface area contributed by atoms with E-state index in [0.717, 1.165) is 63.4 Å². The first kappa shape index (κ1) is 33.9. The van der Waals surface area contributed by atoms with Gasteiger partial charge in [0.05, 0.1) is 18.1 Å². The number of piperazine rings is 1. The molecular weight excluding hydrogens is 650 g/mol. The van der Waals surface area contributed by atoms with Crippen LogP contribution in [-0.4, -0.2) is 101 Å². The SMILES string of the molecule is Cc1c(CN2CCC(Nc3nc(N)nc4sc(CC(F)(F)F)cc34)CC2)ccc2c1cc(C)n2C[C@H](C)N1CCN(S(C)(=O)=O)CC1. The van der Waals surface area contributed by atoms with Crippen LogP contribution in [0.15, 0.2) is 24.3 Å². The molecular formula is C32H43F3N8O2S2. The van der Waals surface area contributed by atoms with Crippen LogP contribution in [0.4, 0.5) is 24.9 Å². The van der Waals surface area contributed by atoms with Crippen LogP contribution < -0.4 is 11.1 Å². The van der Waals surface area contributed by atoms with Gasteiger partial charge in [-0.25, -0.2) is 13.4 Å². The van der Waals surface area contributed by atoms with Crippen LogP contribution in [0.25, 0.3) is 21.1 Å². The molecule has 3 N–H and O–H groups in total. The lowest BCUT2D eigenvalue weighted by Crippen LogP contribution is -2.51. The Hall–Kier alpha value is -2.98. The summed E-state index contributed by atoms with van der Waals surface area (Å²) in [5.41, 5.74) is 10.9. The molecule has 15 heteroatoms. The van der Waals surface area contributed by atoms with Gasteiger partial charge in [-0.3, -0.25) is 9.80 Å². The zero-order chi connectivity index (χ0) is 33.7. The summed E-state index contributed by atoms with van der Waals surface area (Å²) in [6.45, 7) is 12.5. The number of thiophene rings is 1. The van der Waals surface area contributed by atoms with Gasteiger partial charge >= 0.3 is 6.18 Å². The van der Waals surface area contributed by atoms with Gasteiger partial charge in [0.25, 0.3) is 0 Å². The molecule has 0 spiro atoms. The third-order valence-corrected chi connectivity index (χ3v) is 12.0. The zero-order valence-corrected chi connectivity index (χ0v) is 28.9. The molecule has 0 unspecified atom stereocenters. The molecule has 10 nitrogen and oxygen atoms in total. The molecule has 0 amide bonds. The van der Waals surface area contributed by atoms with E-state index in [-0.39, 0.29) is 22.9 Å². The Labute approximate surface area is 277 Å². The van der Waals surface area contributed by atoms with Gasteiger partial charge in [-0.1, -0.05) is 6.07 Å². The number of rotatable bonds is 9. The van der Waals surface area contributed by atoms with Crippen molar-refractivity contribution in [3.8, 4) is 0 Å². The van der Waals surface area contributed by atoms with Crippen LogP contribution in [0.2, 0.25) is 0 Å². The number of aromatic nitrogens is 3. The molecule has 0 bridgehead atoms. The molecule has 1 atom stereocenters. The van der Waals surface area contributed by atoms with E-state index in [1.54, 1.807) is 4.31 Å². The second-order valence-electron chi connectivity index (χ2n) is 13.1. The Morgan fingerprint density at radius 1 is 1.04 bits per heavy atom. The Balaban J connectivity index is 1.07. The first-order chi connectivity index (χ1) is 22.1. The van der Waals surface area contributed by atoms with E-state index in [2.05, 4.69) is 68.6 Å². The molecule has 1 aromatic carbocycles. The summed E-state index contributed by atoms with van der Waals surface area (Å²) in [6, 6.07) is 8.68. The smallest absolute Gasteiger partial charge is 0.368 e. The normalized spacial score (nSPS) is 18.8. The molecule has 4 aromatic rings. The highest BCUT2D eigenvalue weighted by Gasteiger charge is 2.30. The van der Waals surface area contributed by atoms with Crippen molar-refractivity contribution in [3.05, 3.63) is 46.0 Å². The molecule has 5 heterocycles. The van der Waals surface area contributed by atoms with Crippen molar-refractivity contribution < 1.29 is 21.6 Å². The minimum Gasteiger partial charge on any atom is -0.368 e. The van der Waals surface area contributed by atoms with Gasteiger partial charge in [-0.15, -0.1) is 11.3 Å². The summed E-state index contributed by atoms with van der Waals surface area (Å²) in [5.74, 6) is 0.553. The van der Waals surface area contributed by atoms with Crippen molar-refractivity contribution in [2.24, 2.45) is 0 Å². The number of sulfonamides is 1. The van der Waals surface area contributed by atoms with E-state index in [9.17, 15) is 21.6 Å². The van der Waals surface area contributed by atoms with Gasteiger partial charge in [0.1, 0.15) is 10.6 Å². The molecule has 47 heavy (non-hydrogen) atoms. The summed E-state index contributed by atoms with van der Waals surface area (Å²) in [7, 11) is -3.15. The number of nitrogens with two attached hydrogens (primary N) is 1. The van der Waals surface area contributed by atoms with E-state index < -0.39 is 22.6 Å². The summed E-state index contributed by atoms with van der Waals surface area (Å²) >= 11 is 1.01. The standard InChI is InChI=1S/C32H43F3N8O2S2/c1-20-15-26-22(3)23(5-6-28(26)43(20)18-21(2)41-11-13-42(14-12-41)47(4,44)45)19-40-9-7-24(8-10-40)37-29-27-16-25(17-32(33,34)35)46-30(27)39-31(36)38-29/h5-6,15-16,21,24H,7-14,17-19H2,1-4H3,(H3,36,37,38,39)/t21-/m0/s1. The van der Waals surface area contributed by atoms with E-state index in [4.69, 9.17) is 5.73 Å². The number of anilines is 2. The van der Waals surface area contributed by atoms with Crippen LogP contribution in [0.5, 0.6) is 0 Å². The minimum atomic E-state index is -4.29. The van der Waals surface area contributed by atoms with Gasteiger partial charge in [0.15, 0.2) is 0 Å². The molecule has 0 aliphatic carbocycles. The fraction of sp³-hybridized carbons (Fsp3) is 0.562. The molecule has 2 aliphatic heterocycles. The lowest BCUT2D eigenvalue weighted by molar-refractivity contribution is -0.126. The number of benzene rings is 1. The number of alkyl halides is 3. The maximum absolute atomic E-state index is 13.0. The number of nitrogens with zero attached hydrogens (tertiary/aromatic N) is 6. The number of hydrogen-bond acceptors (Lipinski definition) is 9. The lowest BCUT2D eigenvalue weighted by Gasteiger charge is -2.37. The number of aryl methyl sites for hydroxylation is 2. The van der Waals surface area contributed by atoms with Crippen molar-refractivity contribution in [2.45, 2.75) is 71.4 Å². The number of hydrogen-bond donors (Lipinski definition) is 2. The second-order valence-corrected chi connectivity index (χ2v) is 16.2. The molecule has 256 valence electrons. The Bertz CT molecular complexity index is 1860. The van der Waals surface area contributed by atoms with Crippen LogP contribution in [-0.2, 0) is 29.5 Å². The van der Waals surface area contributed by atoms with Gasteiger partial charge in [0.2, 0.25) is 16.0 Å². The van der Waals surface area contributed by atoms with Gasteiger partial charge in [-0.2, -0.15) is 22.5 Å². The molecule has 6 rings (SSSR count). The zero-order valence-electron chi connectivity index (χ0n) is 27.3. The third kappa shape index (κ3) is 7.69. The number of fused-ring (bicyclic) bond motifs is 2. The van der Waals surface area contributed by atoms with Gasteiger partial charge < -0.3 is 15.6 Å². The number of halogens is 3. The molecule has 2 saturated heterocycles. The summed E-state index contributed by atoms with van der Waals surface area (Å²) in [6.07, 6.45) is -2.25. The van der Waals surface area contributed by atoms with Crippen molar-refractivity contribution >= 4 is 54.2 Å². The number of piperidine rings is 1. The second kappa shape index (κ2) is 13.1. The molecule has 0 radical (unpaired) electrons. The van der Waals surface area contributed by atoms with E-state index in [1.165, 1.54) is 40.0 Å². The van der Waals surface area contributed by atoms with Gasteiger partial charge in [0, 0.05) is 85.9 Å². The maximum Gasteiger partial charge on any atom is 0.393 e. The first-order valence-corrected chi connectivity index (χ1v) is 18.7. The van der Waals surface area contributed by atoms with E-state index in [1.807, 2.05) is 0 Å². The van der Waals surface area contributed by atoms with Crippen molar-refractivity contribution in [2.75, 3.05) is 56.6 Å². The van der Waals surface area contributed by atoms with Gasteiger partial charge in [-0.05, 0) is 62.9 Å². The van der Waals surface area contributed by atoms with E-state index >= 15 is 0 Å². The predicted molar refractivity (Wildman–Crippen MR) is 182 cm³/mol. The molecule has 2 fully saturated rings. The lowest BCUT2D eigenvalue weighted by atomic mass is 10.0. The predicted octanol–water partition coefficient (Wildman–Crippen LogP) is 4.99. The minimum absolute atomic E-state index is 0.0506. The molecule has 2 aliphatic rings.